The van der Waals surface area contributed by atoms with Crippen LogP contribution in [0.1, 0.15) is 29.9 Å². The number of hydrogen-bond acceptors (Lipinski definition) is 4. The third kappa shape index (κ3) is 1.03. The summed E-state index contributed by atoms with van der Waals surface area (Å²) in [5.41, 5.74) is 6.88. The van der Waals surface area contributed by atoms with Gasteiger partial charge in [-0.1, -0.05) is 0 Å². The molecule has 1 aromatic heterocycles. The number of rotatable bonds is 1. The predicted molar refractivity (Wildman–Crippen MR) is 48.5 cm³/mol. The zero-order valence-corrected chi connectivity index (χ0v) is 7.67. The highest BCUT2D eigenvalue weighted by atomic mass is 16.5. The van der Waals surface area contributed by atoms with Crippen LogP contribution in [0.2, 0.25) is 0 Å². The number of ether oxygens (including phenoxy) is 1. The Morgan fingerprint density at radius 3 is 2.93 bits per heavy atom. The molecule has 0 spiro atoms. The molecule has 1 aromatic rings. The van der Waals surface area contributed by atoms with Gasteiger partial charge in [0.15, 0.2) is 0 Å². The molecular formula is C9H11N3O2. The van der Waals surface area contributed by atoms with Crippen molar-refractivity contribution in [3.63, 3.8) is 0 Å². The van der Waals surface area contributed by atoms with E-state index in [-0.39, 0.29) is 11.1 Å². The standard InChI is InChI=1S/C9H11N3O2/c10-9(1-2-9)8-11-6-4-14-3-5(6)7(13)12-8/h1-4,10H2,(H,11,12,13). The number of hydrogen-bond donors (Lipinski definition) is 2. The Morgan fingerprint density at radius 2 is 2.21 bits per heavy atom. The number of aromatic nitrogens is 2. The van der Waals surface area contributed by atoms with Crippen molar-refractivity contribution >= 4 is 0 Å². The Bertz CT molecular complexity index is 448. The molecule has 5 nitrogen and oxygen atoms in total. The van der Waals surface area contributed by atoms with Gasteiger partial charge in [-0.25, -0.2) is 4.98 Å². The lowest BCUT2D eigenvalue weighted by molar-refractivity contribution is 0.132. The van der Waals surface area contributed by atoms with Crippen molar-refractivity contribution in [3.8, 4) is 0 Å². The average Bonchev–Trinajstić information content (AvgIpc) is 2.75. The van der Waals surface area contributed by atoms with Crippen molar-refractivity contribution in [3.05, 3.63) is 27.4 Å². The van der Waals surface area contributed by atoms with Gasteiger partial charge in [0, 0.05) is 0 Å². The minimum atomic E-state index is -0.378. The second kappa shape index (κ2) is 2.43. The van der Waals surface area contributed by atoms with Crippen LogP contribution >= 0.6 is 0 Å². The zero-order chi connectivity index (χ0) is 9.76. The third-order valence-corrected chi connectivity index (χ3v) is 2.85. The lowest BCUT2D eigenvalue weighted by atomic mass is 10.2. The highest BCUT2D eigenvalue weighted by Crippen LogP contribution is 2.40. The molecule has 5 heteroatoms. The van der Waals surface area contributed by atoms with Crippen LogP contribution in [0.4, 0.5) is 0 Å². The maximum atomic E-state index is 11.6. The van der Waals surface area contributed by atoms with Crippen molar-refractivity contribution in [2.24, 2.45) is 5.73 Å². The monoisotopic (exact) mass is 193 g/mol. The summed E-state index contributed by atoms with van der Waals surface area (Å²) in [6.07, 6.45) is 1.80. The van der Waals surface area contributed by atoms with Gasteiger partial charge in [0.1, 0.15) is 5.82 Å². The molecule has 2 aliphatic rings. The van der Waals surface area contributed by atoms with Crippen LogP contribution in [0.5, 0.6) is 0 Å². The Morgan fingerprint density at radius 1 is 1.43 bits per heavy atom. The van der Waals surface area contributed by atoms with Gasteiger partial charge in [-0.15, -0.1) is 0 Å². The second-order valence-electron chi connectivity index (χ2n) is 3.99. The van der Waals surface area contributed by atoms with Crippen molar-refractivity contribution in [2.75, 3.05) is 0 Å². The topological polar surface area (TPSA) is 81.0 Å². The summed E-state index contributed by atoms with van der Waals surface area (Å²) in [4.78, 5) is 18.7. The van der Waals surface area contributed by atoms with Crippen molar-refractivity contribution in [2.45, 2.75) is 31.6 Å². The summed E-state index contributed by atoms with van der Waals surface area (Å²) in [6.45, 7) is 0.803. The van der Waals surface area contributed by atoms with Crippen LogP contribution in [-0.4, -0.2) is 9.97 Å². The maximum absolute atomic E-state index is 11.6. The Balaban J connectivity index is 2.17. The quantitative estimate of drug-likeness (QED) is 0.644. The summed E-state index contributed by atoms with van der Waals surface area (Å²) >= 11 is 0. The van der Waals surface area contributed by atoms with Gasteiger partial charge in [-0.2, -0.15) is 0 Å². The first-order valence-corrected chi connectivity index (χ1v) is 4.68. The largest absolute Gasteiger partial charge is 0.370 e. The average molecular weight is 193 g/mol. The number of nitrogens with one attached hydrogen (secondary N) is 1. The molecule has 1 fully saturated rings. The number of aromatic amines is 1. The molecule has 1 saturated carbocycles. The van der Waals surface area contributed by atoms with Crippen molar-refractivity contribution in [1.82, 2.24) is 9.97 Å². The highest BCUT2D eigenvalue weighted by Gasteiger charge is 2.43. The molecule has 0 aromatic carbocycles. The van der Waals surface area contributed by atoms with Crippen LogP contribution in [0.15, 0.2) is 4.79 Å². The van der Waals surface area contributed by atoms with Crippen LogP contribution in [-0.2, 0) is 23.5 Å². The van der Waals surface area contributed by atoms with Gasteiger partial charge in [0.25, 0.3) is 5.56 Å². The molecule has 0 bridgehead atoms. The predicted octanol–water partition coefficient (Wildman–Crippen LogP) is -0.252. The second-order valence-corrected chi connectivity index (χ2v) is 3.99. The van der Waals surface area contributed by atoms with E-state index in [1.165, 1.54) is 0 Å². The molecule has 0 amide bonds. The van der Waals surface area contributed by atoms with E-state index in [1.807, 2.05) is 0 Å². The fourth-order valence-corrected chi connectivity index (χ4v) is 1.67. The van der Waals surface area contributed by atoms with Crippen LogP contribution in [0.3, 0.4) is 0 Å². The Kier molecular flexibility index (Phi) is 1.41. The molecule has 0 saturated heterocycles. The van der Waals surface area contributed by atoms with E-state index < -0.39 is 0 Å². The van der Waals surface area contributed by atoms with E-state index in [2.05, 4.69) is 9.97 Å². The maximum Gasteiger partial charge on any atom is 0.256 e. The van der Waals surface area contributed by atoms with Gasteiger partial charge in [0.2, 0.25) is 0 Å². The summed E-state index contributed by atoms with van der Waals surface area (Å²) in [5, 5.41) is 0. The number of fused-ring (bicyclic) bond motifs is 1. The first-order chi connectivity index (χ1) is 6.69. The van der Waals surface area contributed by atoms with Crippen LogP contribution in [0, 0.1) is 0 Å². The van der Waals surface area contributed by atoms with Crippen LogP contribution in [0.25, 0.3) is 0 Å². The molecule has 1 aliphatic carbocycles. The Hall–Kier alpha value is -1.20. The summed E-state index contributed by atoms with van der Waals surface area (Å²) in [7, 11) is 0. The number of nitrogens with two attached hydrogens (primary N) is 1. The molecule has 2 heterocycles. The molecule has 0 radical (unpaired) electrons. The van der Waals surface area contributed by atoms with Crippen LogP contribution < -0.4 is 11.3 Å². The molecule has 1 aliphatic heterocycles. The van der Waals surface area contributed by atoms with Gasteiger partial charge in [0.05, 0.1) is 30.0 Å². The highest BCUT2D eigenvalue weighted by molar-refractivity contribution is 5.24. The summed E-state index contributed by atoms with van der Waals surface area (Å²) in [5.74, 6) is 0.617. The fraction of sp³-hybridized carbons (Fsp3) is 0.556. The van der Waals surface area contributed by atoms with Gasteiger partial charge in [-0.05, 0) is 12.8 Å². The minimum Gasteiger partial charge on any atom is -0.370 e. The number of H-pyrrole nitrogens is 1. The molecule has 74 valence electrons. The van der Waals surface area contributed by atoms with Gasteiger partial charge in [-0.3, -0.25) is 4.79 Å². The fourth-order valence-electron chi connectivity index (χ4n) is 1.67. The molecule has 3 rings (SSSR count). The minimum absolute atomic E-state index is 0.0979. The molecular weight excluding hydrogens is 182 g/mol. The SMILES string of the molecule is NC1(c2nc3c(c(=O)[nH]2)COC3)CC1. The van der Waals surface area contributed by atoms with E-state index in [0.717, 1.165) is 18.5 Å². The first-order valence-electron chi connectivity index (χ1n) is 4.68. The normalized spacial score (nSPS) is 22.1. The van der Waals surface area contributed by atoms with E-state index in [0.29, 0.717) is 24.6 Å². The van der Waals surface area contributed by atoms with E-state index >= 15 is 0 Å². The third-order valence-electron chi connectivity index (χ3n) is 2.85. The lowest BCUT2D eigenvalue weighted by Gasteiger charge is -2.08. The molecule has 3 N–H and O–H groups in total. The van der Waals surface area contributed by atoms with Crippen molar-refractivity contribution in [1.29, 1.82) is 0 Å². The van der Waals surface area contributed by atoms with E-state index in [1.54, 1.807) is 0 Å². The summed E-state index contributed by atoms with van der Waals surface area (Å²) in [6, 6.07) is 0. The zero-order valence-electron chi connectivity index (χ0n) is 7.67. The molecule has 14 heavy (non-hydrogen) atoms. The van der Waals surface area contributed by atoms with Gasteiger partial charge < -0.3 is 15.5 Å². The number of nitrogens with zero attached hydrogens (tertiary/aromatic N) is 1. The summed E-state index contributed by atoms with van der Waals surface area (Å²) < 4.78 is 5.16. The molecule has 0 atom stereocenters. The lowest BCUT2D eigenvalue weighted by Crippen LogP contribution is -2.28. The Labute approximate surface area is 80.3 Å². The smallest absolute Gasteiger partial charge is 0.256 e. The van der Waals surface area contributed by atoms with E-state index in [9.17, 15) is 4.79 Å². The molecule has 0 unspecified atom stereocenters. The van der Waals surface area contributed by atoms with Crippen molar-refractivity contribution < 1.29 is 4.74 Å². The first kappa shape index (κ1) is 8.14. The van der Waals surface area contributed by atoms with E-state index in [4.69, 9.17) is 10.5 Å². The van der Waals surface area contributed by atoms with Gasteiger partial charge >= 0.3 is 0 Å².